The molecular formula is C10H19N3O2. The average molecular weight is 213 g/mol. The fourth-order valence-corrected chi connectivity index (χ4v) is 1.59. The molecule has 0 aromatic rings. The van der Waals surface area contributed by atoms with Gasteiger partial charge in [0.25, 0.3) is 0 Å². The Hall–Kier alpha value is -1.26. The zero-order valence-electron chi connectivity index (χ0n) is 9.62. The molecule has 5 heteroatoms. The van der Waals surface area contributed by atoms with Crippen LogP contribution < -0.4 is 5.32 Å². The third kappa shape index (κ3) is 3.11. The van der Waals surface area contributed by atoms with Crippen LogP contribution in [0.1, 0.15) is 19.8 Å². The molecule has 0 aromatic heterocycles. The molecule has 1 rings (SSSR count). The monoisotopic (exact) mass is 213 g/mol. The van der Waals surface area contributed by atoms with Crippen LogP contribution in [0.4, 0.5) is 4.79 Å². The Morgan fingerprint density at radius 3 is 2.27 bits per heavy atom. The largest absolute Gasteiger partial charge is 0.341 e. The van der Waals surface area contributed by atoms with E-state index < -0.39 is 6.04 Å². The third-order valence-corrected chi connectivity index (χ3v) is 2.53. The van der Waals surface area contributed by atoms with E-state index in [0.717, 1.165) is 25.9 Å². The molecule has 0 spiro atoms. The van der Waals surface area contributed by atoms with Gasteiger partial charge in [-0.15, -0.1) is 0 Å². The molecule has 0 bridgehead atoms. The van der Waals surface area contributed by atoms with Gasteiger partial charge in [-0.3, -0.25) is 4.79 Å². The summed E-state index contributed by atoms with van der Waals surface area (Å²) in [5.41, 5.74) is 0. The second-order valence-corrected chi connectivity index (χ2v) is 4.10. The molecule has 0 saturated carbocycles. The maximum absolute atomic E-state index is 11.8. The molecule has 1 atom stereocenters. The molecule has 1 fully saturated rings. The number of amides is 3. The van der Waals surface area contributed by atoms with E-state index in [4.69, 9.17) is 0 Å². The lowest BCUT2D eigenvalue weighted by Crippen LogP contribution is -2.48. The fourth-order valence-electron chi connectivity index (χ4n) is 1.59. The van der Waals surface area contributed by atoms with Gasteiger partial charge < -0.3 is 15.1 Å². The molecule has 3 amide bonds. The molecule has 1 saturated heterocycles. The first-order valence-corrected chi connectivity index (χ1v) is 5.29. The Morgan fingerprint density at radius 1 is 1.27 bits per heavy atom. The lowest BCUT2D eigenvalue weighted by atomic mass is 10.3. The van der Waals surface area contributed by atoms with Gasteiger partial charge in [0.15, 0.2) is 0 Å². The third-order valence-electron chi connectivity index (χ3n) is 2.53. The van der Waals surface area contributed by atoms with Crippen molar-refractivity contribution in [2.24, 2.45) is 0 Å². The highest BCUT2D eigenvalue weighted by Crippen LogP contribution is 2.08. The number of hydrogen-bond donors (Lipinski definition) is 1. The van der Waals surface area contributed by atoms with Crippen LogP contribution in [0.2, 0.25) is 0 Å². The van der Waals surface area contributed by atoms with E-state index in [9.17, 15) is 9.59 Å². The summed E-state index contributed by atoms with van der Waals surface area (Å²) < 4.78 is 0. The average Bonchev–Trinajstić information content (AvgIpc) is 2.68. The van der Waals surface area contributed by atoms with Crippen molar-refractivity contribution in [2.45, 2.75) is 25.8 Å². The fraction of sp³-hybridized carbons (Fsp3) is 0.800. The van der Waals surface area contributed by atoms with E-state index in [1.165, 1.54) is 4.90 Å². The van der Waals surface area contributed by atoms with Crippen LogP contribution in [0.25, 0.3) is 0 Å². The minimum Gasteiger partial charge on any atom is -0.341 e. The molecule has 5 nitrogen and oxygen atoms in total. The Labute approximate surface area is 90.4 Å². The van der Waals surface area contributed by atoms with Gasteiger partial charge in [-0.25, -0.2) is 4.79 Å². The molecule has 1 unspecified atom stereocenters. The summed E-state index contributed by atoms with van der Waals surface area (Å²) >= 11 is 0. The quantitative estimate of drug-likeness (QED) is 0.715. The Bertz CT molecular complexity index is 247. The predicted molar refractivity (Wildman–Crippen MR) is 57.5 cm³/mol. The maximum atomic E-state index is 11.8. The zero-order chi connectivity index (χ0) is 11.4. The number of nitrogens with zero attached hydrogens (tertiary/aromatic N) is 2. The van der Waals surface area contributed by atoms with Crippen molar-refractivity contribution in [1.82, 2.24) is 15.1 Å². The molecule has 0 radical (unpaired) electrons. The van der Waals surface area contributed by atoms with Crippen LogP contribution in [0, 0.1) is 0 Å². The number of likely N-dealkylation sites (tertiary alicyclic amines) is 1. The number of carbonyl (C=O) groups is 2. The van der Waals surface area contributed by atoms with Crippen LogP contribution in [0.5, 0.6) is 0 Å². The number of hydrogen-bond acceptors (Lipinski definition) is 2. The Balaban J connectivity index is 2.42. The predicted octanol–water partition coefficient (Wildman–Crippen LogP) is 0.269. The van der Waals surface area contributed by atoms with E-state index in [-0.39, 0.29) is 11.9 Å². The first-order chi connectivity index (χ1) is 7.02. The van der Waals surface area contributed by atoms with E-state index >= 15 is 0 Å². The van der Waals surface area contributed by atoms with Gasteiger partial charge in [0, 0.05) is 27.2 Å². The van der Waals surface area contributed by atoms with Crippen molar-refractivity contribution < 1.29 is 9.59 Å². The van der Waals surface area contributed by atoms with Gasteiger partial charge in [-0.1, -0.05) is 0 Å². The molecule has 1 aliphatic rings. The minimum atomic E-state index is -0.432. The minimum absolute atomic E-state index is 0.0164. The van der Waals surface area contributed by atoms with E-state index in [1.807, 2.05) is 0 Å². The summed E-state index contributed by atoms with van der Waals surface area (Å²) in [6, 6.07) is -0.659. The van der Waals surface area contributed by atoms with E-state index in [2.05, 4.69) is 5.32 Å². The summed E-state index contributed by atoms with van der Waals surface area (Å²) in [6.45, 7) is 3.37. The molecule has 1 heterocycles. The van der Waals surface area contributed by atoms with Crippen molar-refractivity contribution in [3.8, 4) is 0 Å². The Morgan fingerprint density at radius 2 is 1.80 bits per heavy atom. The zero-order valence-corrected chi connectivity index (χ0v) is 9.62. The summed E-state index contributed by atoms with van der Waals surface area (Å²) in [5.74, 6) is 0.0164. The van der Waals surface area contributed by atoms with Gasteiger partial charge in [0.1, 0.15) is 6.04 Å². The normalized spacial score (nSPS) is 17.4. The second-order valence-electron chi connectivity index (χ2n) is 4.10. The van der Waals surface area contributed by atoms with Crippen molar-refractivity contribution in [3.63, 3.8) is 0 Å². The van der Waals surface area contributed by atoms with Crippen LogP contribution in [0.15, 0.2) is 0 Å². The van der Waals surface area contributed by atoms with Crippen LogP contribution in [-0.4, -0.2) is 55.0 Å². The van der Waals surface area contributed by atoms with Crippen LogP contribution in [0.3, 0.4) is 0 Å². The summed E-state index contributed by atoms with van der Waals surface area (Å²) in [6.07, 6.45) is 2.14. The van der Waals surface area contributed by atoms with Gasteiger partial charge in [0.2, 0.25) is 5.91 Å². The van der Waals surface area contributed by atoms with E-state index in [1.54, 1.807) is 25.9 Å². The Kier molecular flexibility index (Phi) is 3.94. The van der Waals surface area contributed by atoms with Gasteiger partial charge in [0.05, 0.1) is 0 Å². The highest BCUT2D eigenvalue weighted by molar-refractivity contribution is 5.86. The first-order valence-electron chi connectivity index (χ1n) is 5.29. The molecule has 0 aliphatic carbocycles. The molecule has 15 heavy (non-hydrogen) atoms. The molecule has 1 N–H and O–H groups in total. The number of nitrogens with one attached hydrogen (secondary N) is 1. The lowest BCUT2D eigenvalue weighted by molar-refractivity contribution is -0.131. The summed E-state index contributed by atoms with van der Waals surface area (Å²) in [4.78, 5) is 26.3. The summed E-state index contributed by atoms with van der Waals surface area (Å²) in [7, 11) is 3.31. The molecule has 86 valence electrons. The number of rotatable bonds is 2. The van der Waals surface area contributed by atoms with Crippen LogP contribution in [-0.2, 0) is 4.79 Å². The molecule has 0 aromatic carbocycles. The van der Waals surface area contributed by atoms with Crippen molar-refractivity contribution >= 4 is 11.9 Å². The summed E-state index contributed by atoms with van der Waals surface area (Å²) in [5, 5.41) is 2.65. The van der Waals surface area contributed by atoms with Gasteiger partial charge >= 0.3 is 6.03 Å². The van der Waals surface area contributed by atoms with Crippen molar-refractivity contribution in [3.05, 3.63) is 0 Å². The SMILES string of the molecule is CC(NC(=O)N(C)C)C(=O)N1CCCC1. The highest BCUT2D eigenvalue weighted by Gasteiger charge is 2.24. The maximum Gasteiger partial charge on any atom is 0.317 e. The van der Waals surface area contributed by atoms with Gasteiger partial charge in [-0.2, -0.15) is 0 Å². The smallest absolute Gasteiger partial charge is 0.317 e. The standard InChI is InChI=1S/C10H19N3O2/c1-8(11-10(15)12(2)3)9(14)13-6-4-5-7-13/h8H,4-7H2,1-3H3,(H,11,15). The topological polar surface area (TPSA) is 52.7 Å². The van der Waals surface area contributed by atoms with Crippen molar-refractivity contribution in [1.29, 1.82) is 0 Å². The number of carbonyl (C=O) groups excluding carboxylic acids is 2. The second kappa shape index (κ2) is 5.00. The first kappa shape index (κ1) is 11.8. The molecule has 1 aliphatic heterocycles. The van der Waals surface area contributed by atoms with Crippen LogP contribution >= 0.6 is 0 Å². The van der Waals surface area contributed by atoms with E-state index in [0.29, 0.717) is 0 Å². The highest BCUT2D eigenvalue weighted by atomic mass is 16.2. The van der Waals surface area contributed by atoms with Crippen molar-refractivity contribution in [2.75, 3.05) is 27.2 Å². The molecular weight excluding hydrogens is 194 g/mol. The number of urea groups is 1. The van der Waals surface area contributed by atoms with Gasteiger partial charge in [-0.05, 0) is 19.8 Å². The lowest BCUT2D eigenvalue weighted by Gasteiger charge is -2.22.